The molecule has 1 aromatic carbocycles. The maximum Gasteiger partial charge on any atom is 0.159 e. The van der Waals surface area contributed by atoms with Crippen LogP contribution in [0.3, 0.4) is 0 Å². The number of carbonyl (C=O) groups excluding carboxylic acids is 1. The van der Waals surface area contributed by atoms with Crippen LogP contribution in [-0.4, -0.2) is 16.5 Å². The molecule has 30 heavy (non-hydrogen) atoms. The lowest BCUT2D eigenvalue weighted by atomic mass is 9.86. The summed E-state index contributed by atoms with van der Waals surface area (Å²) in [5.41, 5.74) is 7.54. The first-order valence-electron chi connectivity index (χ1n) is 10.9. The first-order valence-corrected chi connectivity index (χ1v) is 10.9. The Labute approximate surface area is 180 Å². The Morgan fingerprint density at radius 2 is 1.97 bits per heavy atom. The predicted molar refractivity (Wildman–Crippen MR) is 126 cm³/mol. The average molecular weight is 401 g/mol. The third-order valence-corrected chi connectivity index (χ3v) is 6.17. The van der Waals surface area contributed by atoms with Crippen LogP contribution < -0.4 is 0 Å². The summed E-state index contributed by atoms with van der Waals surface area (Å²) in [4.78, 5) is 21.3. The summed E-state index contributed by atoms with van der Waals surface area (Å²) in [5.74, 6) is 0.106. The highest BCUT2D eigenvalue weighted by atomic mass is 16.1. The molecule has 3 rings (SSSR count). The highest BCUT2D eigenvalue weighted by Crippen LogP contribution is 2.52. The van der Waals surface area contributed by atoms with Crippen molar-refractivity contribution in [2.24, 2.45) is 4.99 Å². The number of aliphatic imine (C=N–C) groups is 1. The molecule has 2 aromatic rings. The molecule has 0 saturated heterocycles. The Morgan fingerprint density at radius 3 is 2.57 bits per heavy atom. The molecular weight excluding hydrogens is 368 g/mol. The summed E-state index contributed by atoms with van der Waals surface area (Å²) < 4.78 is 0. The number of aromatic nitrogens is 1. The fourth-order valence-electron chi connectivity index (χ4n) is 4.00. The molecule has 0 amide bonds. The molecule has 0 aliphatic heterocycles. The standard InChI is InChI=1S/C27H32N2O/c1-6-21(26-11-9-10-24(7-2)29-26)18-28-19(4)16-23-17-22(20(5)30)12-13-25(23)27(8-3)14-15-27/h6,9-13,17-18H,1,7-8,14-16H2,2-5H3/b21-18+,28-19+. The van der Waals surface area contributed by atoms with Crippen LogP contribution >= 0.6 is 0 Å². The van der Waals surface area contributed by atoms with Gasteiger partial charge in [0.2, 0.25) is 0 Å². The van der Waals surface area contributed by atoms with Gasteiger partial charge < -0.3 is 0 Å². The number of ketones is 1. The van der Waals surface area contributed by atoms with Crippen LogP contribution in [0, 0.1) is 0 Å². The van der Waals surface area contributed by atoms with Crippen LogP contribution in [0.15, 0.2) is 60.2 Å². The number of benzene rings is 1. The van der Waals surface area contributed by atoms with Crippen molar-refractivity contribution in [3.8, 4) is 0 Å². The van der Waals surface area contributed by atoms with Crippen molar-refractivity contribution < 1.29 is 4.79 Å². The van der Waals surface area contributed by atoms with Crippen LogP contribution in [0.1, 0.15) is 79.8 Å². The van der Waals surface area contributed by atoms with Gasteiger partial charge in [0.1, 0.15) is 0 Å². The lowest BCUT2D eigenvalue weighted by Crippen LogP contribution is -2.12. The molecule has 1 fully saturated rings. The number of hydrogen-bond acceptors (Lipinski definition) is 3. The molecule has 1 aliphatic rings. The molecule has 0 unspecified atom stereocenters. The lowest BCUT2D eigenvalue weighted by molar-refractivity contribution is 0.101. The number of pyridine rings is 1. The van der Waals surface area contributed by atoms with Gasteiger partial charge in [-0.3, -0.25) is 14.8 Å². The molecule has 3 nitrogen and oxygen atoms in total. The minimum Gasteiger partial charge on any atom is -0.295 e. The first-order chi connectivity index (χ1) is 14.4. The summed E-state index contributed by atoms with van der Waals surface area (Å²) >= 11 is 0. The number of hydrogen-bond donors (Lipinski definition) is 0. The summed E-state index contributed by atoms with van der Waals surface area (Å²) in [6.07, 6.45) is 8.88. The molecule has 1 heterocycles. The normalized spacial score (nSPS) is 15.7. The Kier molecular flexibility index (Phi) is 6.81. The van der Waals surface area contributed by atoms with E-state index in [1.165, 1.54) is 24.0 Å². The largest absolute Gasteiger partial charge is 0.295 e. The van der Waals surface area contributed by atoms with Crippen LogP contribution in [-0.2, 0) is 18.3 Å². The Hall–Kier alpha value is -2.81. The van der Waals surface area contributed by atoms with Gasteiger partial charge in [-0.05, 0) is 74.3 Å². The third kappa shape index (κ3) is 4.84. The van der Waals surface area contributed by atoms with E-state index < -0.39 is 0 Å². The zero-order chi connectivity index (χ0) is 21.7. The fourth-order valence-corrected chi connectivity index (χ4v) is 4.00. The van der Waals surface area contributed by atoms with E-state index in [0.717, 1.165) is 47.5 Å². The van der Waals surface area contributed by atoms with Crippen LogP contribution in [0.2, 0.25) is 0 Å². The number of carbonyl (C=O) groups is 1. The van der Waals surface area contributed by atoms with Gasteiger partial charge in [0, 0.05) is 35.2 Å². The Balaban J connectivity index is 1.90. The van der Waals surface area contributed by atoms with E-state index in [1.807, 2.05) is 37.4 Å². The number of rotatable bonds is 9. The van der Waals surface area contributed by atoms with Gasteiger partial charge in [-0.15, -0.1) is 0 Å². The zero-order valence-electron chi connectivity index (χ0n) is 18.7. The first kappa shape index (κ1) is 21.9. The summed E-state index contributed by atoms with van der Waals surface area (Å²) in [6.45, 7) is 12.0. The topological polar surface area (TPSA) is 42.3 Å². The maximum absolute atomic E-state index is 11.9. The smallest absolute Gasteiger partial charge is 0.159 e. The van der Waals surface area contributed by atoms with E-state index in [0.29, 0.717) is 0 Å². The van der Waals surface area contributed by atoms with E-state index >= 15 is 0 Å². The van der Waals surface area contributed by atoms with Gasteiger partial charge in [0.05, 0.1) is 5.69 Å². The monoisotopic (exact) mass is 400 g/mol. The lowest BCUT2D eigenvalue weighted by Gasteiger charge is -2.19. The SMILES string of the molecule is C=C/C(=C\N=C(/C)Cc1cc(C(C)=O)ccc1C1(CC)CC1)c1cccc(CC)n1. The molecule has 0 radical (unpaired) electrons. The molecule has 156 valence electrons. The van der Waals surface area contributed by atoms with Gasteiger partial charge in [-0.1, -0.05) is 44.7 Å². The van der Waals surface area contributed by atoms with Crippen LogP contribution in [0.5, 0.6) is 0 Å². The zero-order valence-corrected chi connectivity index (χ0v) is 18.7. The minimum atomic E-state index is 0.106. The summed E-state index contributed by atoms with van der Waals surface area (Å²) in [6, 6.07) is 12.3. The van der Waals surface area contributed by atoms with Crippen molar-refractivity contribution in [3.63, 3.8) is 0 Å². The second kappa shape index (κ2) is 9.34. The second-order valence-electron chi connectivity index (χ2n) is 8.26. The Bertz CT molecular complexity index is 1010. The fraction of sp³-hybridized carbons (Fsp3) is 0.370. The van der Waals surface area contributed by atoms with Gasteiger partial charge in [0.25, 0.3) is 0 Å². The van der Waals surface area contributed by atoms with Crippen molar-refractivity contribution in [1.29, 1.82) is 0 Å². The summed E-state index contributed by atoms with van der Waals surface area (Å²) in [7, 11) is 0. The van der Waals surface area contributed by atoms with Gasteiger partial charge in [-0.25, -0.2) is 0 Å². The van der Waals surface area contributed by atoms with E-state index in [2.05, 4.69) is 37.5 Å². The van der Waals surface area contributed by atoms with Crippen molar-refractivity contribution in [1.82, 2.24) is 4.98 Å². The molecule has 1 aliphatic carbocycles. The quantitative estimate of drug-likeness (QED) is 0.273. The predicted octanol–water partition coefficient (Wildman–Crippen LogP) is 6.52. The summed E-state index contributed by atoms with van der Waals surface area (Å²) in [5, 5.41) is 0. The van der Waals surface area contributed by atoms with E-state index in [1.54, 1.807) is 13.0 Å². The van der Waals surface area contributed by atoms with Gasteiger partial charge >= 0.3 is 0 Å². The number of Topliss-reactive ketones (excluding diaryl/α,β-unsaturated/α-hetero) is 1. The molecule has 0 bridgehead atoms. The van der Waals surface area contributed by atoms with Crippen molar-refractivity contribution >= 4 is 17.1 Å². The van der Waals surface area contributed by atoms with E-state index in [9.17, 15) is 4.79 Å². The molecule has 1 aromatic heterocycles. The van der Waals surface area contributed by atoms with Crippen LogP contribution in [0.25, 0.3) is 5.57 Å². The average Bonchev–Trinajstić information content (AvgIpc) is 3.55. The molecule has 1 saturated carbocycles. The highest BCUT2D eigenvalue weighted by molar-refractivity contribution is 5.95. The minimum absolute atomic E-state index is 0.106. The highest BCUT2D eigenvalue weighted by Gasteiger charge is 2.43. The number of allylic oxidation sites excluding steroid dienone is 2. The Morgan fingerprint density at radius 1 is 1.20 bits per heavy atom. The maximum atomic E-state index is 11.9. The molecule has 0 spiro atoms. The van der Waals surface area contributed by atoms with E-state index in [-0.39, 0.29) is 11.2 Å². The molecular formula is C27H32N2O. The molecule has 3 heteroatoms. The third-order valence-electron chi connectivity index (χ3n) is 6.17. The van der Waals surface area contributed by atoms with Crippen molar-refractivity contribution in [2.75, 3.05) is 0 Å². The number of nitrogens with zero attached hydrogens (tertiary/aromatic N) is 2. The van der Waals surface area contributed by atoms with Crippen LogP contribution in [0.4, 0.5) is 0 Å². The number of aryl methyl sites for hydroxylation is 1. The second-order valence-corrected chi connectivity index (χ2v) is 8.26. The van der Waals surface area contributed by atoms with Crippen molar-refractivity contribution in [2.45, 2.75) is 65.2 Å². The van der Waals surface area contributed by atoms with Gasteiger partial charge in [0.15, 0.2) is 5.78 Å². The van der Waals surface area contributed by atoms with Gasteiger partial charge in [-0.2, -0.15) is 0 Å². The molecule has 0 atom stereocenters. The van der Waals surface area contributed by atoms with Crippen molar-refractivity contribution in [3.05, 3.63) is 83.3 Å². The van der Waals surface area contributed by atoms with E-state index in [4.69, 9.17) is 4.99 Å². The molecule has 0 N–H and O–H groups in total.